The first-order valence-electron chi connectivity index (χ1n) is 6.14. The molecule has 20 heavy (non-hydrogen) atoms. The number of halogens is 1. The Bertz CT molecular complexity index is 700. The number of rotatable bonds is 2. The van der Waals surface area contributed by atoms with Crippen LogP contribution in [0.4, 0.5) is 11.4 Å². The van der Waals surface area contributed by atoms with Gasteiger partial charge < -0.3 is 15.4 Å². The topological polar surface area (TPSA) is 55.6 Å². The third kappa shape index (κ3) is 1.98. The zero-order valence-corrected chi connectivity index (χ0v) is 11.6. The molecule has 0 aromatic heterocycles. The summed E-state index contributed by atoms with van der Waals surface area (Å²) in [5.41, 5.74) is 8.57. The molecule has 2 aromatic rings. The van der Waals surface area contributed by atoms with Crippen LogP contribution in [0.3, 0.4) is 0 Å². The van der Waals surface area contributed by atoms with Crippen LogP contribution in [0.2, 0.25) is 5.02 Å². The largest absolute Gasteiger partial charge is 0.495 e. The minimum Gasteiger partial charge on any atom is -0.495 e. The van der Waals surface area contributed by atoms with E-state index in [1.807, 2.05) is 6.07 Å². The Labute approximate surface area is 121 Å². The normalized spacial score (nSPS) is 13.5. The molecule has 4 nitrogen and oxygen atoms in total. The maximum absolute atomic E-state index is 12.5. The molecule has 1 amide bonds. The molecule has 1 heterocycles. The molecule has 1 aliphatic rings. The number of carbonyl (C=O) groups excluding carboxylic acids is 1. The van der Waals surface area contributed by atoms with Crippen LogP contribution in [0.15, 0.2) is 36.4 Å². The van der Waals surface area contributed by atoms with Crippen molar-refractivity contribution in [2.24, 2.45) is 0 Å². The molecule has 1 aliphatic heterocycles. The first kappa shape index (κ1) is 12.8. The van der Waals surface area contributed by atoms with Crippen molar-refractivity contribution in [3.8, 4) is 5.75 Å². The Hall–Kier alpha value is -2.20. The predicted octanol–water partition coefficient (Wildman–Crippen LogP) is 3.09. The van der Waals surface area contributed by atoms with Gasteiger partial charge in [-0.05, 0) is 35.9 Å². The number of nitrogens with two attached hydrogens (primary N) is 1. The van der Waals surface area contributed by atoms with E-state index in [9.17, 15) is 4.79 Å². The number of hydrogen-bond donors (Lipinski definition) is 1. The van der Waals surface area contributed by atoms with E-state index in [0.29, 0.717) is 34.3 Å². The first-order valence-corrected chi connectivity index (χ1v) is 6.52. The molecule has 0 fully saturated rings. The van der Waals surface area contributed by atoms with Crippen molar-refractivity contribution in [3.05, 3.63) is 52.5 Å². The van der Waals surface area contributed by atoms with Crippen LogP contribution in [-0.2, 0) is 6.54 Å². The van der Waals surface area contributed by atoms with E-state index in [2.05, 4.69) is 0 Å². The van der Waals surface area contributed by atoms with Gasteiger partial charge in [0.05, 0.1) is 19.3 Å². The lowest BCUT2D eigenvalue weighted by Gasteiger charge is -2.19. The Balaban J connectivity index is 2.06. The van der Waals surface area contributed by atoms with Crippen molar-refractivity contribution in [1.29, 1.82) is 0 Å². The summed E-state index contributed by atoms with van der Waals surface area (Å²) in [5, 5.41) is 0.559. The summed E-state index contributed by atoms with van der Waals surface area (Å²) in [6.07, 6.45) is 0. The van der Waals surface area contributed by atoms with Crippen molar-refractivity contribution in [3.63, 3.8) is 0 Å². The van der Waals surface area contributed by atoms with Crippen LogP contribution >= 0.6 is 11.6 Å². The fraction of sp³-hybridized carbons (Fsp3) is 0.133. The highest BCUT2D eigenvalue weighted by Gasteiger charge is 2.30. The molecule has 102 valence electrons. The zero-order valence-electron chi connectivity index (χ0n) is 10.9. The van der Waals surface area contributed by atoms with Crippen molar-refractivity contribution < 1.29 is 9.53 Å². The van der Waals surface area contributed by atoms with Gasteiger partial charge in [-0.1, -0.05) is 17.7 Å². The Kier molecular flexibility index (Phi) is 3.03. The van der Waals surface area contributed by atoms with Crippen LogP contribution < -0.4 is 15.4 Å². The maximum Gasteiger partial charge on any atom is 0.259 e. The smallest absolute Gasteiger partial charge is 0.259 e. The molecule has 0 saturated heterocycles. The molecule has 0 spiro atoms. The number of benzene rings is 2. The van der Waals surface area contributed by atoms with Crippen LogP contribution in [0, 0.1) is 0 Å². The number of methoxy groups -OCH3 is 1. The van der Waals surface area contributed by atoms with Gasteiger partial charge in [-0.15, -0.1) is 0 Å². The van der Waals surface area contributed by atoms with Crippen LogP contribution in [0.5, 0.6) is 5.75 Å². The summed E-state index contributed by atoms with van der Waals surface area (Å²) < 4.78 is 5.31. The van der Waals surface area contributed by atoms with Gasteiger partial charge in [-0.25, -0.2) is 0 Å². The molecular weight excluding hydrogens is 276 g/mol. The quantitative estimate of drug-likeness (QED) is 0.864. The Morgan fingerprint density at radius 2 is 2.05 bits per heavy atom. The molecule has 0 aliphatic carbocycles. The number of nitrogen functional groups attached to an aromatic ring is 1. The van der Waals surface area contributed by atoms with E-state index >= 15 is 0 Å². The summed E-state index contributed by atoms with van der Waals surface area (Å²) in [6.45, 7) is 0.491. The number of hydrogen-bond acceptors (Lipinski definition) is 3. The van der Waals surface area contributed by atoms with Crippen LogP contribution in [0.1, 0.15) is 15.9 Å². The van der Waals surface area contributed by atoms with Gasteiger partial charge in [0.25, 0.3) is 5.91 Å². The van der Waals surface area contributed by atoms with E-state index < -0.39 is 0 Å². The lowest BCUT2D eigenvalue weighted by molar-refractivity contribution is 0.0996. The maximum atomic E-state index is 12.5. The molecule has 2 N–H and O–H groups in total. The molecular formula is C15H13ClN2O2. The van der Waals surface area contributed by atoms with Crippen molar-refractivity contribution in [2.45, 2.75) is 6.54 Å². The highest BCUT2D eigenvalue weighted by Crippen LogP contribution is 2.36. The second-order valence-electron chi connectivity index (χ2n) is 4.62. The summed E-state index contributed by atoms with van der Waals surface area (Å²) in [5.74, 6) is 0.524. The third-order valence-electron chi connectivity index (χ3n) is 3.37. The highest BCUT2D eigenvalue weighted by atomic mass is 35.5. The molecule has 3 rings (SSSR count). The van der Waals surface area contributed by atoms with Crippen molar-refractivity contribution in [2.75, 3.05) is 17.7 Å². The predicted molar refractivity (Wildman–Crippen MR) is 79.4 cm³/mol. The molecule has 0 atom stereocenters. The Morgan fingerprint density at radius 1 is 1.25 bits per heavy atom. The number of carbonyl (C=O) groups is 1. The van der Waals surface area contributed by atoms with Gasteiger partial charge in [0.1, 0.15) is 5.75 Å². The number of nitrogens with zero attached hydrogens (tertiary/aromatic N) is 1. The van der Waals surface area contributed by atoms with Crippen LogP contribution in [0.25, 0.3) is 0 Å². The minimum absolute atomic E-state index is 0.0899. The van der Waals surface area contributed by atoms with Gasteiger partial charge >= 0.3 is 0 Å². The Morgan fingerprint density at radius 3 is 2.80 bits per heavy atom. The second-order valence-corrected chi connectivity index (χ2v) is 5.06. The molecule has 0 bridgehead atoms. The first-order chi connectivity index (χ1) is 9.60. The molecule has 5 heteroatoms. The lowest BCUT2D eigenvalue weighted by atomic mass is 10.1. The summed E-state index contributed by atoms with van der Waals surface area (Å²) in [7, 11) is 1.57. The number of fused-ring (bicyclic) bond motifs is 1. The van der Waals surface area contributed by atoms with Crippen molar-refractivity contribution >= 4 is 28.9 Å². The molecule has 2 aromatic carbocycles. The van der Waals surface area contributed by atoms with Gasteiger partial charge in [0.15, 0.2) is 0 Å². The second kappa shape index (κ2) is 4.72. The number of ether oxygens (including phenoxy) is 1. The summed E-state index contributed by atoms with van der Waals surface area (Å²) in [6, 6.07) is 10.6. The van der Waals surface area contributed by atoms with E-state index in [1.54, 1.807) is 42.3 Å². The summed E-state index contributed by atoms with van der Waals surface area (Å²) >= 11 is 6.02. The van der Waals surface area contributed by atoms with E-state index in [1.165, 1.54) is 0 Å². The van der Waals surface area contributed by atoms with Crippen LogP contribution in [-0.4, -0.2) is 13.0 Å². The highest BCUT2D eigenvalue weighted by molar-refractivity contribution is 6.31. The van der Waals surface area contributed by atoms with Gasteiger partial charge in [-0.2, -0.15) is 0 Å². The fourth-order valence-electron chi connectivity index (χ4n) is 2.39. The van der Waals surface area contributed by atoms with Gasteiger partial charge in [0, 0.05) is 16.3 Å². The van der Waals surface area contributed by atoms with E-state index in [4.69, 9.17) is 22.1 Å². The third-order valence-corrected chi connectivity index (χ3v) is 3.60. The minimum atomic E-state index is -0.0899. The average Bonchev–Trinajstić information content (AvgIpc) is 2.76. The molecule has 0 radical (unpaired) electrons. The fourth-order valence-corrected chi connectivity index (χ4v) is 2.55. The van der Waals surface area contributed by atoms with E-state index in [-0.39, 0.29) is 5.91 Å². The summed E-state index contributed by atoms with van der Waals surface area (Å²) in [4.78, 5) is 14.1. The van der Waals surface area contributed by atoms with Crippen molar-refractivity contribution in [1.82, 2.24) is 0 Å². The SMILES string of the molecule is COc1ccc(Cl)cc1N1Cc2ccc(N)cc2C1=O. The van der Waals surface area contributed by atoms with Gasteiger partial charge in [-0.3, -0.25) is 4.79 Å². The number of anilines is 2. The molecule has 0 unspecified atom stereocenters. The zero-order chi connectivity index (χ0) is 14.3. The lowest BCUT2D eigenvalue weighted by Crippen LogP contribution is -2.23. The van der Waals surface area contributed by atoms with Gasteiger partial charge in [0.2, 0.25) is 0 Å². The number of amides is 1. The standard InChI is InChI=1S/C15H13ClN2O2/c1-20-14-5-3-10(16)6-13(14)18-8-9-2-4-11(17)7-12(9)15(18)19/h2-7H,8,17H2,1H3. The monoisotopic (exact) mass is 288 g/mol. The molecule has 0 saturated carbocycles. The average molecular weight is 289 g/mol. The van der Waals surface area contributed by atoms with E-state index in [0.717, 1.165) is 5.56 Å².